The van der Waals surface area contributed by atoms with E-state index in [1.54, 1.807) is 6.20 Å². The molecule has 0 aliphatic carbocycles. The summed E-state index contributed by atoms with van der Waals surface area (Å²) in [6.45, 7) is 0. The molecule has 0 fully saturated rings. The maximum atomic E-state index is 10.6. The molecular formula is C14H14N2O2. The Bertz CT molecular complexity index is 541. The van der Waals surface area contributed by atoms with E-state index < -0.39 is 12.0 Å². The van der Waals surface area contributed by atoms with Crippen molar-refractivity contribution in [3.05, 3.63) is 54.2 Å². The zero-order valence-corrected chi connectivity index (χ0v) is 9.78. The van der Waals surface area contributed by atoms with Gasteiger partial charge in [0.1, 0.15) is 0 Å². The van der Waals surface area contributed by atoms with Crippen molar-refractivity contribution in [1.29, 1.82) is 0 Å². The molecular weight excluding hydrogens is 228 g/mol. The summed E-state index contributed by atoms with van der Waals surface area (Å²) >= 11 is 0. The highest BCUT2D eigenvalue weighted by molar-refractivity contribution is 5.68. The normalized spacial score (nSPS) is 12.1. The van der Waals surface area contributed by atoms with E-state index in [4.69, 9.17) is 10.8 Å². The molecule has 2 rings (SSSR count). The van der Waals surface area contributed by atoms with Gasteiger partial charge in [-0.3, -0.25) is 9.78 Å². The summed E-state index contributed by atoms with van der Waals surface area (Å²) in [6, 6.07) is 12.7. The summed E-state index contributed by atoms with van der Waals surface area (Å²) in [4.78, 5) is 14.9. The van der Waals surface area contributed by atoms with E-state index in [2.05, 4.69) is 4.98 Å². The zero-order chi connectivity index (χ0) is 13.0. The molecule has 0 saturated heterocycles. The van der Waals surface area contributed by atoms with Crippen molar-refractivity contribution >= 4 is 5.97 Å². The van der Waals surface area contributed by atoms with Crippen molar-refractivity contribution in [3.63, 3.8) is 0 Å². The number of aliphatic carboxylic acids is 1. The first-order chi connectivity index (χ1) is 8.66. The van der Waals surface area contributed by atoms with Crippen LogP contribution in [0.25, 0.3) is 11.3 Å². The van der Waals surface area contributed by atoms with Crippen LogP contribution in [-0.2, 0) is 4.79 Å². The van der Waals surface area contributed by atoms with E-state index in [1.807, 2.05) is 42.5 Å². The van der Waals surface area contributed by atoms with Crippen LogP contribution in [0.4, 0.5) is 0 Å². The summed E-state index contributed by atoms with van der Waals surface area (Å²) in [5.74, 6) is -0.897. The quantitative estimate of drug-likeness (QED) is 0.861. The van der Waals surface area contributed by atoms with Gasteiger partial charge in [-0.15, -0.1) is 0 Å². The van der Waals surface area contributed by atoms with Crippen molar-refractivity contribution in [2.24, 2.45) is 5.73 Å². The standard InChI is InChI=1S/C14H14N2O2/c15-12(9-14(17)18)10-4-3-5-11(8-10)13-6-1-2-7-16-13/h1-8,12H,9,15H2,(H,17,18). The molecule has 0 radical (unpaired) electrons. The molecule has 0 aliphatic heterocycles. The molecule has 0 spiro atoms. The molecule has 1 aromatic heterocycles. The van der Waals surface area contributed by atoms with Gasteiger partial charge >= 0.3 is 5.97 Å². The molecule has 0 bridgehead atoms. The van der Waals surface area contributed by atoms with Gasteiger partial charge in [0.2, 0.25) is 0 Å². The molecule has 4 heteroatoms. The zero-order valence-electron chi connectivity index (χ0n) is 9.78. The van der Waals surface area contributed by atoms with Gasteiger partial charge in [0.25, 0.3) is 0 Å². The number of hydrogen-bond donors (Lipinski definition) is 2. The second-order valence-electron chi connectivity index (χ2n) is 4.04. The van der Waals surface area contributed by atoms with E-state index in [1.165, 1.54) is 0 Å². The largest absolute Gasteiger partial charge is 0.481 e. The number of hydrogen-bond acceptors (Lipinski definition) is 3. The van der Waals surface area contributed by atoms with Crippen molar-refractivity contribution < 1.29 is 9.90 Å². The van der Waals surface area contributed by atoms with Gasteiger partial charge in [0.15, 0.2) is 0 Å². The van der Waals surface area contributed by atoms with Crippen LogP contribution in [0.2, 0.25) is 0 Å². The van der Waals surface area contributed by atoms with E-state index in [0.29, 0.717) is 0 Å². The van der Waals surface area contributed by atoms with Crippen molar-refractivity contribution in [3.8, 4) is 11.3 Å². The Kier molecular flexibility index (Phi) is 3.69. The second-order valence-corrected chi connectivity index (χ2v) is 4.04. The number of carboxylic acid groups (broad SMARTS) is 1. The van der Waals surface area contributed by atoms with Crippen LogP contribution in [0.5, 0.6) is 0 Å². The Morgan fingerprint density at radius 2 is 2.11 bits per heavy atom. The highest BCUT2D eigenvalue weighted by Crippen LogP contribution is 2.21. The third-order valence-corrected chi connectivity index (χ3v) is 2.67. The molecule has 1 atom stereocenters. The number of carboxylic acids is 1. The molecule has 0 saturated carbocycles. The minimum atomic E-state index is -0.897. The molecule has 1 unspecified atom stereocenters. The highest BCUT2D eigenvalue weighted by atomic mass is 16.4. The van der Waals surface area contributed by atoms with Crippen LogP contribution >= 0.6 is 0 Å². The first kappa shape index (κ1) is 12.3. The summed E-state index contributed by atoms with van der Waals surface area (Å²) < 4.78 is 0. The number of rotatable bonds is 4. The maximum absolute atomic E-state index is 10.6. The molecule has 1 heterocycles. The minimum Gasteiger partial charge on any atom is -0.481 e. The number of carbonyl (C=O) groups is 1. The molecule has 1 aromatic carbocycles. The van der Waals surface area contributed by atoms with Crippen molar-refractivity contribution in [2.45, 2.75) is 12.5 Å². The number of nitrogens with zero attached hydrogens (tertiary/aromatic N) is 1. The minimum absolute atomic E-state index is 0.0777. The van der Waals surface area contributed by atoms with Crippen molar-refractivity contribution in [2.75, 3.05) is 0 Å². The molecule has 3 N–H and O–H groups in total. The monoisotopic (exact) mass is 242 g/mol. The molecule has 18 heavy (non-hydrogen) atoms. The van der Waals surface area contributed by atoms with Crippen LogP contribution in [0, 0.1) is 0 Å². The van der Waals surface area contributed by atoms with Crippen LogP contribution in [0.1, 0.15) is 18.0 Å². The fraction of sp³-hybridized carbons (Fsp3) is 0.143. The van der Waals surface area contributed by atoms with Crippen LogP contribution in [0.15, 0.2) is 48.7 Å². The van der Waals surface area contributed by atoms with Gasteiger partial charge in [-0.2, -0.15) is 0 Å². The smallest absolute Gasteiger partial charge is 0.305 e. The molecule has 2 aromatic rings. The third kappa shape index (κ3) is 2.93. The van der Waals surface area contributed by atoms with Gasteiger partial charge in [0.05, 0.1) is 12.1 Å². The average molecular weight is 242 g/mol. The summed E-state index contributed by atoms with van der Waals surface area (Å²) in [5.41, 5.74) is 8.44. The Balaban J connectivity index is 2.28. The molecule has 0 aliphatic rings. The van der Waals surface area contributed by atoms with Crippen LogP contribution < -0.4 is 5.73 Å². The van der Waals surface area contributed by atoms with Gasteiger partial charge < -0.3 is 10.8 Å². The first-order valence-corrected chi connectivity index (χ1v) is 5.65. The highest BCUT2D eigenvalue weighted by Gasteiger charge is 2.11. The summed E-state index contributed by atoms with van der Waals surface area (Å²) in [7, 11) is 0. The Morgan fingerprint density at radius 1 is 1.28 bits per heavy atom. The number of pyridine rings is 1. The number of nitrogens with two attached hydrogens (primary N) is 1. The lowest BCUT2D eigenvalue weighted by atomic mass is 10.0. The van der Waals surface area contributed by atoms with Gasteiger partial charge in [0, 0.05) is 17.8 Å². The summed E-state index contributed by atoms with van der Waals surface area (Å²) in [5, 5.41) is 8.74. The Labute approximate surface area is 105 Å². The number of aromatic nitrogens is 1. The van der Waals surface area contributed by atoms with E-state index in [-0.39, 0.29) is 6.42 Å². The fourth-order valence-corrected chi connectivity index (χ4v) is 1.77. The second kappa shape index (κ2) is 5.42. The lowest BCUT2D eigenvalue weighted by molar-refractivity contribution is -0.137. The van der Waals surface area contributed by atoms with Crippen LogP contribution in [-0.4, -0.2) is 16.1 Å². The molecule has 92 valence electrons. The SMILES string of the molecule is NC(CC(=O)O)c1cccc(-c2ccccn2)c1. The van der Waals surface area contributed by atoms with E-state index in [0.717, 1.165) is 16.8 Å². The number of benzene rings is 1. The predicted octanol–water partition coefficient (Wildman–Crippen LogP) is 2.22. The fourth-order valence-electron chi connectivity index (χ4n) is 1.77. The Hall–Kier alpha value is -2.20. The van der Waals surface area contributed by atoms with Gasteiger partial charge in [-0.05, 0) is 23.8 Å². The molecule has 0 amide bonds. The predicted molar refractivity (Wildman–Crippen MR) is 68.9 cm³/mol. The lowest BCUT2D eigenvalue weighted by Gasteiger charge is -2.10. The van der Waals surface area contributed by atoms with Gasteiger partial charge in [-0.25, -0.2) is 0 Å². The van der Waals surface area contributed by atoms with Gasteiger partial charge in [-0.1, -0.05) is 24.3 Å². The van der Waals surface area contributed by atoms with Crippen LogP contribution in [0.3, 0.4) is 0 Å². The Morgan fingerprint density at radius 3 is 2.78 bits per heavy atom. The topological polar surface area (TPSA) is 76.2 Å². The van der Waals surface area contributed by atoms with E-state index in [9.17, 15) is 4.79 Å². The van der Waals surface area contributed by atoms with E-state index >= 15 is 0 Å². The molecule has 4 nitrogen and oxygen atoms in total. The first-order valence-electron chi connectivity index (χ1n) is 5.65. The third-order valence-electron chi connectivity index (χ3n) is 2.67. The maximum Gasteiger partial charge on any atom is 0.305 e. The van der Waals surface area contributed by atoms with Crippen molar-refractivity contribution in [1.82, 2.24) is 4.98 Å². The average Bonchev–Trinajstić information content (AvgIpc) is 2.39. The lowest BCUT2D eigenvalue weighted by Crippen LogP contribution is -2.14. The summed E-state index contributed by atoms with van der Waals surface area (Å²) in [6.07, 6.45) is 1.64.